The summed E-state index contributed by atoms with van der Waals surface area (Å²) in [4.78, 5) is 23.8. The van der Waals surface area contributed by atoms with Gasteiger partial charge in [0, 0.05) is 6.54 Å². The SMILES string of the molecule is CC1(OCC(=O)O)CN(C(=O)NCc2ccc(F)cc2)C1. The number of nitrogens with zero attached hydrogens (tertiary/aromatic N) is 1. The number of ether oxygens (including phenoxy) is 1. The number of hydrogen-bond acceptors (Lipinski definition) is 3. The van der Waals surface area contributed by atoms with E-state index >= 15 is 0 Å². The predicted octanol–water partition coefficient (Wildman–Crippen LogP) is 1.21. The van der Waals surface area contributed by atoms with E-state index in [-0.39, 0.29) is 18.5 Å². The Kier molecular flexibility index (Phi) is 4.42. The van der Waals surface area contributed by atoms with Crippen molar-refractivity contribution in [2.24, 2.45) is 0 Å². The summed E-state index contributed by atoms with van der Waals surface area (Å²) in [6, 6.07) is 5.62. The molecule has 1 aromatic rings. The second-order valence-electron chi connectivity index (χ2n) is 5.27. The molecular weight excluding hydrogens is 279 g/mol. The lowest BCUT2D eigenvalue weighted by Crippen LogP contribution is -2.65. The lowest BCUT2D eigenvalue weighted by Gasteiger charge is -2.46. The smallest absolute Gasteiger partial charge is 0.329 e. The van der Waals surface area contributed by atoms with Gasteiger partial charge in [0.05, 0.1) is 13.1 Å². The molecule has 0 spiro atoms. The molecule has 1 heterocycles. The van der Waals surface area contributed by atoms with E-state index in [0.29, 0.717) is 19.6 Å². The first-order valence-electron chi connectivity index (χ1n) is 6.51. The molecule has 6 nitrogen and oxygen atoms in total. The van der Waals surface area contributed by atoms with Gasteiger partial charge in [0.15, 0.2) is 0 Å². The maximum atomic E-state index is 12.7. The number of carboxylic acid groups (broad SMARTS) is 1. The first-order valence-corrected chi connectivity index (χ1v) is 6.51. The zero-order valence-electron chi connectivity index (χ0n) is 11.6. The topological polar surface area (TPSA) is 78.9 Å². The molecule has 2 N–H and O–H groups in total. The van der Waals surface area contributed by atoms with Gasteiger partial charge in [-0.3, -0.25) is 0 Å². The van der Waals surface area contributed by atoms with Crippen molar-refractivity contribution in [2.45, 2.75) is 19.1 Å². The molecule has 1 aliphatic heterocycles. The summed E-state index contributed by atoms with van der Waals surface area (Å²) in [6.45, 7) is 2.38. The Bertz CT molecular complexity index is 526. The number of hydrogen-bond donors (Lipinski definition) is 2. The van der Waals surface area contributed by atoms with Crippen molar-refractivity contribution in [3.05, 3.63) is 35.6 Å². The molecule has 1 aliphatic rings. The minimum Gasteiger partial charge on any atom is -0.480 e. The fourth-order valence-corrected chi connectivity index (χ4v) is 2.12. The Hall–Kier alpha value is -2.15. The van der Waals surface area contributed by atoms with Gasteiger partial charge >= 0.3 is 12.0 Å². The summed E-state index contributed by atoms with van der Waals surface area (Å²) in [5.41, 5.74) is 0.196. The van der Waals surface area contributed by atoms with E-state index in [1.807, 2.05) is 0 Å². The summed E-state index contributed by atoms with van der Waals surface area (Å²) in [6.07, 6.45) is 0. The Labute approximate surface area is 121 Å². The molecule has 0 bridgehead atoms. The average Bonchev–Trinajstić information content (AvgIpc) is 2.41. The third-order valence-electron chi connectivity index (χ3n) is 3.24. The van der Waals surface area contributed by atoms with Crippen LogP contribution in [0.4, 0.5) is 9.18 Å². The Morgan fingerprint density at radius 2 is 2.00 bits per heavy atom. The number of nitrogens with one attached hydrogen (secondary N) is 1. The molecule has 0 unspecified atom stereocenters. The summed E-state index contributed by atoms with van der Waals surface area (Å²) in [7, 11) is 0. The first kappa shape index (κ1) is 15.2. The van der Waals surface area contributed by atoms with Crippen LogP contribution in [0.25, 0.3) is 0 Å². The van der Waals surface area contributed by atoms with Crippen molar-refractivity contribution in [1.82, 2.24) is 10.2 Å². The fraction of sp³-hybridized carbons (Fsp3) is 0.429. The molecule has 114 valence electrons. The summed E-state index contributed by atoms with van der Waals surface area (Å²) < 4.78 is 18.0. The molecule has 0 aromatic heterocycles. The van der Waals surface area contributed by atoms with E-state index in [1.165, 1.54) is 17.0 Å². The zero-order chi connectivity index (χ0) is 15.5. The number of halogens is 1. The van der Waals surface area contributed by atoms with Gasteiger partial charge in [-0.05, 0) is 24.6 Å². The highest BCUT2D eigenvalue weighted by Gasteiger charge is 2.42. The van der Waals surface area contributed by atoms with E-state index in [4.69, 9.17) is 9.84 Å². The highest BCUT2D eigenvalue weighted by molar-refractivity contribution is 5.75. The van der Waals surface area contributed by atoms with Gasteiger partial charge in [0.1, 0.15) is 18.0 Å². The number of rotatable bonds is 5. The second-order valence-corrected chi connectivity index (χ2v) is 5.27. The van der Waals surface area contributed by atoms with E-state index in [2.05, 4.69) is 5.32 Å². The summed E-state index contributed by atoms with van der Waals surface area (Å²) in [5.74, 6) is -1.35. The number of amides is 2. The molecular formula is C14H17FN2O4. The molecule has 1 fully saturated rings. The third-order valence-corrected chi connectivity index (χ3v) is 3.24. The quantitative estimate of drug-likeness (QED) is 0.856. The summed E-state index contributed by atoms with van der Waals surface area (Å²) in [5, 5.41) is 11.3. The normalized spacial score (nSPS) is 16.2. The van der Waals surface area contributed by atoms with Crippen LogP contribution in [0.15, 0.2) is 24.3 Å². The van der Waals surface area contributed by atoms with Gasteiger partial charge in [-0.2, -0.15) is 0 Å². The molecule has 1 aromatic carbocycles. The Morgan fingerprint density at radius 1 is 1.38 bits per heavy atom. The van der Waals surface area contributed by atoms with Crippen molar-refractivity contribution >= 4 is 12.0 Å². The standard InChI is InChI=1S/C14H17FN2O4/c1-14(21-7-12(18)19)8-17(9-14)13(20)16-6-10-2-4-11(15)5-3-10/h2-5H,6-9H2,1H3,(H,16,20)(H,18,19). The number of carbonyl (C=O) groups is 2. The maximum Gasteiger partial charge on any atom is 0.329 e. The largest absolute Gasteiger partial charge is 0.480 e. The zero-order valence-corrected chi connectivity index (χ0v) is 11.6. The minimum absolute atomic E-state index is 0.254. The van der Waals surface area contributed by atoms with Crippen LogP contribution in [0.5, 0.6) is 0 Å². The molecule has 7 heteroatoms. The lowest BCUT2D eigenvalue weighted by molar-refractivity contribution is -0.159. The highest BCUT2D eigenvalue weighted by Crippen LogP contribution is 2.24. The van der Waals surface area contributed by atoms with Crippen molar-refractivity contribution < 1.29 is 23.8 Å². The summed E-state index contributed by atoms with van der Waals surface area (Å²) >= 11 is 0. The second kappa shape index (κ2) is 6.09. The van der Waals surface area contributed by atoms with Crippen LogP contribution in [0.3, 0.4) is 0 Å². The van der Waals surface area contributed by atoms with Crippen LogP contribution >= 0.6 is 0 Å². The van der Waals surface area contributed by atoms with Crippen LogP contribution in [-0.4, -0.2) is 47.3 Å². The van der Waals surface area contributed by atoms with E-state index < -0.39 is 11.6 Å². The highest BCUT2D eigenvalue weighted by atomic mass is 19.1. The van der Waals surface area contributed by atoms with Crippen molar-refractivity contribution in [3.63, 3.8) is 0 Å². The first-order chi connectivity index (χ1) is 9.88. The number of urea groups is 1. The molecule has 1 saturated heterocycles. The molecule has 0 aliphatic carbocycles. The van der Waals surface area contributed by atoms with E-state index in [0.717, 1.165) is 5.56 Å². The van der Waals surface area contributed by atoms with Crippen molar-refractivity contribution in [2.75, 3.05) is 19.7 Å². The van der Waals surface area contributed by atoms with Gasteiger partial charge in [0.2, 0.25) is 0 Å². The van der Waals surface area contributed by atoms with E-state index in [9.17, 15) is 14.0 Å². The number of likely N-dealkylation sites (tertiary alicyclic amines) is 1. The van der Waals surface area contributed by atoms with Gasteiger partial charge in [-0.25, -0.2) is 14.0 Å². The fourth-order valence-electron chi connectivity index (χ4n) is 2.12. The number of carbonyl (C=O) groups excluding carboxylic acids is 1. The lowest BCUT2D eigenvalue weighted by atomic mass is 9.97. The third kappa shape index (κ3) is 4.16. The Balaban J connectivity index is 1.73. The predicted molar refractivity (Wildman–Crippen MR) is 72.2 cm³/mol. The molecule has 0 radical (unpaired) electrons. The van der Waals surface area contributed by atoms with Gasteiger partial charge in [-0.1, -0.05) is 12.1 Å². The van der Waals surface area contributed by atoms with Crippen LogP contribution in [0.2, 0.25) is 0 Å². The monoisotopic (exact) mass is 296 g/mol. The van der Waals surface area contributed by atoms with Gasteiger partial charge < -0.3 is 20.1 Å². The van der Waals surface area contributed by atoms with Crippen LogP contribution in [-0.2, 0) is 16.1 Å². The van der Waals surface area contributed by atoms with Crippen molar-refractivity contribution in [1.29, 1.82) is 0 Å². The van der Waals surface area contributed by atoms with Crippen LogP contribution in [0.1, 0.15) is 12.5 Å². The molecule has 2 amide bonds. The molecule has 2 rings (SSSR count). The van der Waals surface area contributed by atoms with Gasteiger partial charge in [0.25, 0.3) is 0 Å². The average molecular weight is 296 g/mol. The van der Waals surface area contributed by atoms with Crippen molar-refractivity contribution in [3.8, 4) is 0 Å². The number of benzene rings is 1. The number of aliphatic carboxylic acids is 1. The molecule has 21 heavy (non-hydrogen) atoms. The van der Waals surface area contributed by atoms with E-state index in [1.54, 1.807) is 19.1 Å². The number of carboxylic acids is 1. The maximum absolute atomic E-state index is 12.7. The van der Waals surface area contributed by atoms with Crippen LogP contribution in [0, 0.1) is 5.82 Å². The van der Waals surface area contributed by atoms with Gasteiger partial charge in [-0.15, -0.1) is 0 Å². The minimum atomic E-state index is -1.03. The molecule has 0 saturated carbocycles. The molecule has 0 atom stereocenters. The van der Waals surface area contributed by atoms with Crippen LogP contribution < -0.4 is 5.32 Å². The Morgan fingerprint density at radius 3 is 2.57 bits per heavy atom.